The predicted molar refractivity (Wildman–Crippen MR) is 96.6 cm³/mol. The fourth-order valence-electron chi connectivity index (χ4n) is 2.67. The lowest BCUT2D eigenvalue weighted by Crippen LogP contribution is -2.33. The minimum atomic E-state index is -0.542. The number of imidazole rings is 1. The summed E-state index contributed by atoms with van der Waals surface area (Å²) in [7, 11) is 1.95. The van der Waals surface area contributed by atoms with Gasteiger partial charge in [-0.3, -0.25) is 4.79 Å². The van der Waals surface area contributed by atoms with Crippen LogP contribution in [-0.4, -0.2) is 58.6 Å². The second kappa shape index (κ2) is 9.46. The van der Waals surface area contributed by atoms with Crippen molar-refractivity contribution in [2.75, 3.05) is 26.7 Å². The van der Waals surface area contributed by atoms with Gasteiger partial charge in [0.15, 0.2) is 5.78 Å². The Bertz CT molecular complexity index is 670. The summed E-state index contributed by atoms with van der Waals surface area (Å²) in [5.41, 5.74) is 2.41. The van der Waals surface area contributed by atoms with Crippen LogP contribution in [0.4, 0.5) is 0 Å². The molecule has 0 unspecified atom stereocenters. The molecule has 0 radical (unpaired) electrons. The highest BCUT2D eigenvalue weighted by Gasteiger charge is 2.12. The van der Waals surface area contributed by atoms with Crippen molar-refractivity contribution in [2.24, 2.45) is 0 Å². The van der Waals surface area contributed by atoms with E-state index in [0.29, 0.717) is 31.9 Å². The van der Waals surface area contributed by atoms with Gasteiger partial charge < -0.3 is 19.7 Å². The van der Waals surface area contributed by atoms with E-state index in [9.17, 15) is 9.90 Å². The number of ether oxygens (including phenoxy) is 1. The highest BCUT2D eigenvalue weighted by atomic mass is 16.5. The molecule has 0 aliphatic heterocycles. The molecule has 0 saturated heterocycles. The first-order chi connectivity index (χ1) is 12.0. The van der Waals surface area contributed by atoms with Gasteiger partial charge in [0.1, 0.15) is 11.5 Å². The van der Waals surface area contributed by atoms with Crippen molar-refractivity contribution in [3.8, 4) is 0 Å². The van der Waals surface area contributed by atoms with Gasteiger partial charge in [-0.05, 0) is 19.5 Å². The lowest BCUT2D eigenvalue weighted by molar-refractivity contribution is 0.0138. The second-order valence-corrected chi connectivity index (χ2v) is 6.38. The van der Waals surface area contributed by atoms with Crippen LogP contribution >= 0.6 is 0 Å². The summed E-state index contributed by atoms with van der Waals surface area (Å²) >= 11 is 0. The molecule has 6 nitrogen and oxygen atoms in total. The smallest absolute Gasteiger partial charge is 0.179 e. The van der Waals surface area contributed by atoms with Gasteiger partial charge in [-0.15, -0.1) is 0 Å². The summed E-state index contributed by atoms with van der Waals surface area (Å²) in [6, 6.07) is 9.90. The van der Waals surface area contributed by atoms with E-state index in [1.165, 1.54) is 6.92 Å². The number of nitrogens with one attached hydrogen (secondary N) is 1. The number of rotatable bonds is 10. The fraction of sp³-hybridized carbons (Fsp3) is 0.474. The van der Waals surface area contributed by atoms with Gasteiger partial charge in [0, 0.05) is 32.1 Å². The van der Waals surface area contributed by atoms with E-state index in [-0.39, 0.29) is 5.78 Å². The van der Waals surface area contributed by atoms with Gasteiger partial charge in [0.2, 0.25) is 0 Å². The molecule has 0 fully saturated rings. The largest absolute Gasteiger partial charge is 0.389 e. The molecular formula is C19H27N3O3. The average molecular weight is 345 g/mol. The first kappa shape index (κ1) is 19.3. The molecule has 1 atom stereocenters. The Balaban J connectivity index is 1.68. The normalized spacial score (nSPS) is 12.5. The minimum absolute atomic E-state index is 0.0284. The Kier molecular flexibility index (Phi) is 7.31. The van der Waals surface area contributed by atoms with Crippen LogP contribution in [-0.2, 0) is 17.8 Å². The second-order valence-electron chi connectivity index (χ2n) is 6.38. The van der Waals surface area contributed by atoms with Crippen LogP contribution in [0.1, 0.15) is 34.5 Å². The van der Waals surface area contributed by atoms with E-state index in [0.717, 1.165) is 23.6 Å². The SMILES string of the molecule is CC(=O)c1nc(CCN(C)C[C@H](O)COCc2ccccc2)[nH]c1C. The first-order valence-electron chi connectivity index (χ1n) is 8.50. The number of ketones is 1. The molecule has 1 heterocycles. The number of aromatic amines is 1. The lowest BCUT2D eigenvalue weighted by Gasteiger charge is -2.20. The van der Waals surface area contributed by atoms with Crippen molar-refractivity contribution >= 4 is 5.78 Å². The standard InChI is InChI=1S/C19H27N3O3/c1-14-19(15(2)23)21-18(20-14)9-10-22(3)11-17(24)13-25-12-16-7-5-4-6-8-16/h4-8,17,24H,9-13H2,1-3H3,(H,20,21)/t17-/m0/s1. The number of aromatic nitrogens is 2. The van der Waals surface area contributed by atoms with Crippen LogP contribution in [0.15, 0.2) is 30.3 Å². The number of carbonyl (C=O) groups excluding carboxylic acids is 1. The topological polar surface area (TPSA) is 78.5 Å². The summed E-state index contributed by atoms with van der Waals surface area (Å²) in [4.78, 5) is 20.9. The molecule has 0 spiro atoms. The number of Topliss-reactive ketones (excluding diaryl/α,β-unsaturated/α-hetero) is 1. The Morgan fingerprint density at radius 2 is 2.08 bits per heavy atom. The molecule has 25 heavy (non-hydrogen) atoms. The number of nitrogens with zero attached hydrogens (tertiary/aromatic N) is 2. The molecule has 2 aromatic rings. The zero-order valence-electron chi connectivity index (χ0n) is 15.2. The van der Waals surface area contributed by atoms with Crippen molar-refractivity contribution in [2.45, 2.75) is 33.0 Å². The highest BCUT2D eigenvalue weighted by Crippen LogP contribution is 2.07. The van der Waals surface area contributed by atoms with Gasteiger partial charge in [0.05, 0.1) is 19.3 Å². The van der Waals surface area contributed by atoms with Crippen LogP contribution < -0.4 is 0 Å². The Morgan fingerprint density at radius 1 is 1.36 bits per heavy atom. The van der Waals surface area contributed by atoms with Gasteiger partial charge in [-0.25, -0.2) is 4.98 Å². The van der Waals surface area contributed by atoms with Crippen molar-refractivity contribution in [3.63, 3.8) is 0 Å². The highest BCUT2D eigenvalue weighted by molar-refractivity contribution is 5.93. The molecule has 1 aromatic heterocycles. The third-order valence-electron chi connectivity index (χ3n) is 3.94. The summed E-state index contributed by atoms with van der Waals surface area (Å²) in [6.07, 6.45) is 0.155. The summed E-state index contributed by atoms with van der Waals surface area (Å²) in [5.74, 6) is 0.767. The molecule has 0 amide bonds. The minimum Gasteiger partial charge on any atom is -0.389 e. The van der Waals surface area contributed by atoms with Crippen LogP contribution in [0.5, 0.6) is 0 Å². The number of hydrogen-bond donors (Lipinski definition) is 2. The quantitative estimate of drug-likeness (QED) is 0.644. The van der Waals surface area contributed by atoms with E-state index in [4.69, 9.17) is 4.74 Å². The van der Waals surface area contributed by atoms with Gasteiger partial charge >= 0.3 is 0 Å². The Morgan fingerprint density at radius 3 is 2.72 bits per heavy atom. The fourth-order valence-corrected chi connectivity index (χ4v) is 2.67. The van der Waals surface area contributed by atoms with Crippen molar-refractivity contribution in [1.82, 2.24) is 14.9 Å². The molecule has 6 heteroatoms. The van der Waals surface area contributed by atoms with Crippen molar-refractivity contribution in [3.05, 3.63) is 53.1 Å². The van der Waals surface area contributed by atoms with Crippen LogP contribution in [0.2, 0.25) is 0 Å². The summed E-state index contributed by atoms with van der Waals surface area (Å²) in [6.45, 7) is 5.43. The number of aliphatic hydroxyl groups excluding tert-OH is 1. The number of H-pyrrole nitrogens is 1. The molecule has 0 saturated carbocycles. The van der Waals surface area contributed by atoms with Crippen LogP contribution in [0, 0.1) is 6.92 Å². The Hall–Kier alpha value is -2.02. The maximum Gasteiger partial charge on any atom is 0.179 e. The summed E-state index contributed by atoms with van der Waals surface area (Å²) < 4.78 is 5.56. The monoisotopic (exact) mass is 345 g/mol. The first-order valence-corrected chi connectivity index (χ1v) is 8.50. The summed E-state index contributed by atoms with van der Waals surface area (Å²) in [5, 5.41) is 10.1. The number of benzene rings is 1. The number of aryl methyl sites for hydroxylation is 1. The number of aliphatic hydroxyl groups is 1. The molecule has 0 aliphatic rings. The predicted octanol–water partition coefficient (Wildman–Crippen LogP) is 1.97. The number of likely N-dealkylation sites (N-methyl/N-ethyl adjacent to an activating group) is 1. The third kappa shape index (κ3) is 6.42. The molecule has 2 rings (SSSR count). The number of hydrogen-bond acceptors (Lipinski definition) is 5. The van der Waals surface area contributed by atoms with Crippen molar-refractivity contribution in [1.29, 1.82) is 0 Å². The van der Waals surface area contributed by atoms with Gasteiger partial charge in [-0.1, -0.05) is 30.3 Å². The van der Waals surface area contributed by atoms with Crippen LogP contribution in [0.25, 0.3) is 0 Å². The lowest BCUT2D eigenvalue weighted by atomic mass is 10.2. The maximum absolute atomic E-state index is 11.4. The van der Waals surface area contributed by atoms with Gasteiger partial charge in [0.25, 0.3) is 0 Å². The van der Waals surface area contributed by atoms with E-state index < -0.39 is 6.10 Å². The van der Waals surface area contributed by atoms with Crippen molar-refractivity contribution < 1.29 is 14.6 Å². The molecule has 136 valence electrons. The van der Waals surface area contributed by atoms with E-state index >= 15 is 0 Å². The Labute approximate surface area is 148 Å². The third-order valence-corrected chi connectivity index (χ3v) is 3.94. The molecule has 2 N–H and O–H groups in total. The molecule has 0 bridgehead atoms. The van der Waals surface area contributed by atoms with E-state index in [2.05, 4.69) is 9.97 Å². The van der Waals surface area contributed by atoms with Crippen LogP contribution in [0.3, 0.4) is 0 Å². The zero-order chi connectivity index (χ0) is 18.2. The number of carbonyl (C=O) groups is 1. The molecule has 1 aromatic carbocycles. The maximum atomic E-state index is 11.4. The molecular weight excluding hydrogens is 318 g/mol. The molecule has 0 aliphatic carbocycles. The van der Waals surface area contributed by atoms with Gasteiger partial charge in [-0.2, -0.15) is 0 Å². The zero-order valence-corrected chi connectivity index (χ0v) is 15.2. The average Bonchev–Trinajstić information content (AvgIpc) is 2.95. The van der Waals surface area contributed by atoms with E-state index in [1.54, 1.807) is 0 Å². The van der Waals surface area contributed by atoms with E-state index in [1.807, 2.05) is 49.2 Å².